The molecule has 1 aromatic rings. The molecular weight excluding hydrogens is 411 g/mol. The lowest BCUT2D eigenvalue weighted by Gasteiger charge is -2.32. The maximum atomic E-state index is 14.0. The Morgan fingerprint density at radius 1 is 1.12 bits per heavy atom. The maximum absolute atomic E-state index is 14.0. The molecule has 1 fully saturated rings. The molecule has 0 aromatic heterocycles. The Morgan fingerprint density at radius 2 is 1.84 bits per heavy atom. The normalized spacial score (nSPS) is 20.0. The Morgan fingerprint density at radius 3 is 2.53 bits per heavy atom. The van der Waals surface area contributed by atoms with Crippen LogP contribution in [0.3, 0.4) is 0 Å². The van der Waals surface area contributed by atoms with E-state index in [0.29, 0.717) is 5.70 Å². The minimum Gasteiger partial charge on any atom is -0.371 e. The van der Waals surface area contributed by atoms with Crippen LogP contribution in [0, 0.1) is 0 Å². The highest BCUT2D eigenvalue weighted by molar-refractivity contribution is 6.14. The molecule has 1 aromatic carbocycles. The lowest BCUT2D eigenvalue weighted by atomic mass is 9.96. The van der Waals surface area contributed by atoms with Crippen LogP contribution in [0.15, 0.2) is 70.5 Å². The Bertz CT molecular complexity index is 1020. The fourth-order valence-corrected chi connectivity index (χ4v) is 4.72. The quantitative estimate of drug-likeness (QED) is 0.444. The number of alkyl halides is 3. The minimum absolute atomic E-state index is 0.0553. The Hall–Kier alpha value is -2.76. The van der Waals surface area contributed by atoms with Crippen LogP contribution in [0.1, 0.15) is 57.9 Å². The summed E-state index contributed by atoms with van der Waals surface area (Å²) in [5, 5.41) is 6.20. The molecule has 0 unspecified atom stereocenters. The summed E-state index contributed by atoms with van der Waals surface area (Å²) >= 11 is 0. The van der Waals surface area contributed by atoms with Gasteiger partial charge in [-0.15, -0.1) is 0 Å². The first kappa shape index (κ1) is 22.4. The fourth-order valence-electron chi connectivity index (χ4n) is 4.72. The van der Waals surface area contributed by atoms with Crippen LogP contribution >= 0.6 is 0 Å². The van der Waals surface area contributed by atoms with Crippen molar-refractivity contribution in [3.8, 4) is 0 Å². The van der Waals surface area contributed by atoms with Crippen LogP contribution < -0.4 is 9.91 Å². The molecular formula is C26H30F3N3. The van der Waals surface area contributed by atoms with Gasteiger partial charge in [0.15, 0.2) is 0 Å². The number of hydrogen-bond acceptors (Lipinski definition) is 3. The summed E-state index contributed by atoms with van der Waals surface area (Å²) < 4.78 is 42.1. The molecule has 0 N–H and O–H groups in total. The smallest absolute Gasteiger partial charge is 0.371 e. The number of nitrogens with zero attached hydrogens (tertiary/aromatic N) is 3. The Labute approximate surface area is 188 Å². The molecule has 3 aliphatic rings. The predicted octanol–water partition coefficient (Wildman–Crippen LogP) is 7.39. The van der Waals surface area contributed by atoms with Gasteiger partial charge < -0.3 is 4.90 Å². The summed E-state index contributed by atoms with van der Waals surface area (Å²) in [6.07, 6.45) is 7.24. The van der Waals surface area contributed by atoms with Crippen molar-refractivity contribution < 1.29 is 13.2 Å². The average Bonchev–Trinajstić information content (AvgIpc) is 3.46. The van der Waals surface area contributed by atoms with Gasteiger partial charge >= 0.3 is 6.18 Å². The highest BCUT2D eigenvalue weighted by Crippen LogP contribution is 2.45. The second-order valence-electron chi connectivity index (χ2n) is 8.60. The van der Waals surface area contributed by atoms with Gasteiger partial charge in [0.05, 0.1) is 22.7 Å². The van der Waals surface area contributed by atoms with Gasteiger partial charge in [-0.1, -0.05) is 31.7 Å². The van der Waals surface area contributed by atoms with Gasteiger partial charge in [-0.05, 0) is 80.4 Å². The van der Waals surface area contributed by atoms with E-state index in [-0.39, 0.29) is 5.69 Å². The standard InChI is InChI=1S/C26H30F3N3/c1-4-5-6-10-18(2)25-22-12-9-11-21(22)19(3)32(30-25)24-17-20(31-15-7-8-16-31)13-14-23(24)26(27,28)29/h5-6,10,13-14,17H,3-4,7-9,11-12,15-16H2,1-2H3/b6-5-,18-10+. The average molecular weight is 442 g/mol. The van der Waals surface area contributed by atoms with E-state index in [9.17, 15) is 13.2 Å². The van der Waals surface area contributed by atoms with E-state index >= 15 is 0 Å². The third kappa shape index (κ3) is 4.27. The first-order chi connectivity index (χ1) is 15.3. The zero-order valence-electron chi connectivity index (χ0n) is 18.8. The van der Waals surface area contributed by atoms with E-state index in [1.54, 1.807) is 12.1 Å². The molecule has 3 nitrogen and oxygen atoms in total. The highest BCUT2D eigenvalue weighted by Gasteiger charge is 2.38. The van der Waals surface area contributed by atoms with Crippen molar-refractivity contribution in [3.63, 3.8) is 0 Å². The molecule has 0 amide bonds. The number of anilines is 2. The molecule has 2 heterocycles. The number of allylic oxidation sites excluding steroid dienone is 6. The monoisotopic (exact) mass is 441 g/mol. The van der Waals surface area contributed by atoms with Gasteiger partial charge in [0.25, 0.3) is 0 Å². The van der Waals surface area contributed by atoms with Gasteiger partial charge in [0.2, 0.25) is 0 Å². The van der Waals surface area contributed by atoms with Crippen LogP contribution in [0.2, 0.25) is 0 Å². The molecule has 0 spiro atoms. The summed E-state index contributed by atoms with van der Waals surface area (Å²) in [6, 6.07) is 4.41. The first-order valence-corrected chi connectivity index (χ1v) is 11.4. The van der Waals surface area contributed by atoms with Crippen molar-refractivity contribution in [2.75, 3.05) is 23.0 Å². The second-order valence-corrected chi connectivity index (χ2v) is 8.60. The van der Waals surface area contributed by atoms with E-state index in [0.717, 1.165) is 79.7 Å². The third-order valence-electron chi connectivity index (χ3n) is 6.39. The summed E-state index contributed by atoms with van der Waals surface area (Å²) in [5.41, 5.74) is 4.60. The van der Waals surface area contributed by atoms with Crippen molar-refractivity contribution in [3.05, 3.63) is 71.0 Å². The molecule has 0 bridgehead atoms. The summed E-state index contributed by atoms with van der Waals surface area (Å²) in [7, 11) is 0. The van der Waals surface area contributed by atoms with Gasteiger partial charge in [-0.25, -0.2) is 5.01 Å². The van der Waals surface area contributed by atoms with E-state index in [4.69, 9.17) is 5.10 Å². The molecule has 6 heteroatoms. The number of hydrazone groups is 1. The topological polar surface area (TPSA) is 18.8 Å². The summed E-state index contributed by atoms with van der Waals surface area (Å²) in [4.78, 5) is 2.14. The lowest BCUT2D eigenvalue weighted by molar-refractivity contribution is -0.137. The second kappa shape index (κ2) is 9.00. The van der Waals surface area contributed by atoms with Crippen LogP contribution in [0.4, 0.5) is 24.5 Å². The van der Waals surface area contributed by atoms with Crippen LogP contribution in [-0.2, 0) is 6.18 Å². The van der Waals surface area contributed by atoms with E-state index in [1.165, 1.54) is 11.1 Å². The number of rotatable bonds is 5. The van der Waals surface area contributed by atoms with Gasteiger partial charge in [0.1, 0.15) is 0 Å². The molecule has 1 aliphatic carbocycles. The fraction of sp³-hybridized carbons (Fsp3) is 0.423. The van der Waals surface area contributed by atoms with E-state index in [2.05, 4.69) is 24.5 Å². The van der Waals surface area contributed by atoms with Crippen LogP contribution in [0.5, 0.6) is 0 Å². The zero-order valence-corrected chi connectivity index (χ0v) is 18.8. The van der Waals surface area contributed by atoms with Gasteiger partial charge in [-0.3, -0.25) is 0 Å². The van der Waals surface area contributed by atoms with Crippen molar-refractivity contribution >= 4 is 17.1 Å². The number of benzene rings is 1. The van der Waals surface area contributed by atoms with Crippen molar-refractivity contribution in [2.45, 2.75) is 58.5 Å². The van der Waals surface area contributed by atoms with Crippen molar-refractivity contribution in [1.82, 2.24) is 0 Å². The summed E-state index contributed by atoms with van der Waals surface area (Å²) in [5.74, 6) is 0. The maximum Gasteiger partial charge on any atom is 0.418 e. The molecule has 4 rings (SSSR count). The molecule has 2 aliphatic heterocycles. The molecule has 170 valence electrons. The summed E-state index contributed by atoms with van der Waals surface area (Å²) in [6.45, 7) is 9.94. The minimum atomic E-state index is -4.48. The van der Waals surface area contributed by atoms with E-state index < -0.39 is 11.7 Å². The van der Waals surface area contributed by atoms with Crippen LogP contribution in [0.25, 0.3) is 0 Å². The number of halogens is 3. The van der Waals surface area contributed by atoms with Gasteiger partial charge in [0, 0.05) is 18.8 Å². The molecule has 0 atom stereocenters. The Balaban J connectivity index is 1.83. The van der Waals surface area contributed by atoms with Gasteiger partial charge in [-0.2, -0.15) is 18.3 Å². The van der Waals surface area contributed by atoms with Crippen molar-refractivity contribution in [1.29, 1.82) is 0 Å². The molecule has 1 saturated heterocycles. The first-order valence-electron chi connectivity index (χ1n) is 11.4. The van der Waals surface area contributed by atoms with Crippen LogP contribution in [-0.4, -0.2) is 18.8 Å². The predicted molar refractivity (Wildman–Crippen MR) is 126 cm³/mol. The largest absolute Gasteiger partial charge is 0.418 e. The highest BCUT2D eigenvalue weighted by atomic mass is 19.4. The number of hydrogen-bond donors (Lipinski definition) is 0. The molecule has 0 radical (unpaired) electrons. The lowest BCUT2D eigenvalue weighted by Crippen LogP contribution is -2.28. The third-order valence-corrected chi connectivity index (χ3v) is 6.39. The molecule has 0 saturated carbocycles. The molecule has 32 heavy (non-hydrogen) atoms. The van der Waals surface area contributed by atoms with Crippen molar-refractivity contribution in [2.24, 2.45) is 5.10 Å². The SMILES string of the molecule is C=C1C2=C(CCC2)C(/C(C)=C/C=C\CC)=NN1c1cc(N2CCCC2)ccc1C(F)(F)F. The van der Waals surface area contributed by atoms with E-state index in [1.807, 2.05) is 19.1 Å². The zero-order chi connectivity index (χ0) is 22.9. The Kier molecular flexibility index (Phi) is 6.31.